The van der Waals surface area contributed by atoms with Crippen molar-refractivity contribution in [2.45, 2.75) is 46.1 Å². The normalized spacial score (nSPS) is 18.4. The van der Waals surface area contributed by atoms with Crippen molar-refractivity contribution in [1.82, 2.24) is 20.4 Å². The van der Waals surface area contributed by atoms with E-state index in [1.807, 2.05) is 27.1 Å². The summed E-state index contributed by atoms with van der Waals surface area (Å²) in [6, 6.07) is 0.0198. The van der Waals surface area contributed by atoms with Gasteiger partial charge in [0.25, 0.3) is 0 Å². The zero-order valence-electron chi connectivity index (χ0n) is 14.1. The van der Waals surface area contributed by atoms with E-state index in [1.54, 1.807) is 4.68 Å². The van der Waals surface area contributed by atoms with Gasteiger partial charge in [-0.1, -0.05) is 6.92 Å². The molecule has 6 heteroatoms. The summed E-state index contributed by atoms with van der Waals surface area (Å²) in [7, 11) is 1.91. The highest BCUT2D eigenvalue weighted by Gasteiger charge is 2.23. The average molecular weight is 329 g/mol. The first-order chi connectivity index (χ1) is 9.97. The molecule has 2 heterocycles. The first-order valence-electron chi connectivity index (χ1n) is 7.97. The summed E-state index contributed by atoms with van der Waals surface area (Å²) in [6.45, 7) is 8.38. The zero-order valence-corrected chi connectivity index (χ0v) is 14.9. The van der Waals surface area contributed by atoms with Gasteiger partial charge in [0.05, 0.1) is 11.7 Å². The van der Waals surface area contributed by atoms with Gasteiger partial charge in [0.15, 0.2) is 0 Å². The van der Waals surface area contributed by atoms with Crippen LogP contribution in [0.25, 0.3) is 0 Å². The number of aryl methyl sites for hydroxylation is 2. The Hall–Kier alpha value is -1.07. The van der Waals surface area contributed by atoms with Crippen molar-refractivity contribution in [2.75, 3.05) is 13.1 Å². The van der Waals surface area contributed by atoms with E-state index in [1.165, 1.54) is 12.8 Å². The highest BCUT2D eigenvalue weighted by Crippen LogP contribution is 2.24. The Bertz CT molecular complexity index is 482. The minimum absolute atomic E-state index is 0. The summed E-state index contributed by atoms with van der Waals surface area (Å²) >= 11 is 0. The van der Waals surface area contributed by atoms with Crippen molar-refractivity contribution in [3.05, 3.63) is 17.5 Å². The number of hydrogen-bond donors (Lipinski definition) is 2. The highest BCUT2D eigenvalue weighted by molar-refractivity contribution is 5.85. The predicted octanol–water partition coefficient (Wildman–Crippen LogP) is 2.35. The van der Waals surface area contributed by atoms with Gasteiger partial charge >= 0.3 is 0 Å². The van der Waals surface area contributed by atoms with Crippen molar-refractivity contribution >= 4 is 18.3 Å². The van der Waals surface area contributed by atoms with Gasteiger partial charge < -0.3 is 10.6 Å². The van der Waals surface area contributed by atoms with Crippen LogP contribution in [0, 0.1) is 18.8 Å². The van der Waals surface area contributed by atoms with Crippen LogP contribution in [0.1, 0.15) is 50.4 Å². The van der Waals surface area contributed by atoms with Crippen molar-refractivity contribution < 1.29 is 4.79 Å². The second-order valence-corrected chi connectivity index (χ2v) is 6.40. The molecule has 1 amide bonds. The van der Waals surface area contributed by atoms with Crippen LogP contribution in [-0.4, -0.2) is 28.8 Å². The number of nitrogens with one attached hydrogen (secondary N) is 2. The number of aromatic nitrogens is 2. The number of halogens is 1. The molecular weight excluding hydrogens is 300 g/mol. The van der Waals surface area contributed by atoms with Crippen molar-refractivity contribution in [3.8, 4) is 0 Å². The molecule has 126 valence electrons. The van der Waals surface area contributed by atoms with Gasteiger partial charge in [0, 0.05) is 25.2 Å². The van der Waals surface area contributed by atoms with Crippen LogP contribution in [0.4, 0.5) is 0 Å². The lowest BCUT2D eigenvalue weighted by Crippen LogP contribution is -2.34. The molecule has 0 saturated carbocycles. The maximum absolute atomic E-state index is 12.2. The van der Waals surface area contributed by atoms with Gasteiger partial charge in [-0.3, -0.25) is 9.48 Å². The Morgan fingerprint density at radius 1 is 1.45 bits per heavy atom. The van der Waals surface area contributed by atoms with Crippen molar-refractivity contribution in [3.63, 3.8) is 0 Å². The van der Waals surface area contributed by atoms with Crippen LogP contribution in [-0.2, 0) is 11.8 Å². The Labute approximate surface area is 139 Å². The molecule has 2 rings (SSSR count). The third-order valence-corrected chi connectivity index (χ3v) is 4.59. The molecule has 0 spiro atoms. The second-order valence-electron chi connectivity index (χ2n) is 6.40. The summed E-state index contributed by atoms with van der Waals surface area (Å²) in [5.41, 5.74) is 2.08. The lowest BCUT2D eigenvalue weighted by atomic mass is 9.84. The number of amides is 1. The zero-order chi connectivity index (χ0) is 15.4. The average Bonchev–Trinajstić information content (AvgIpc) is 2.78. The predicted molar refractivity (Wildman–Crippen MR) is 91.1 cm³/mol. The maximum atomic E-state index is 12.2. The second kappa shape index (κ2) is 8.53. The fraction of sp³-hybridized carbons (Fsp3) is 0.750. The van der Waals surface area contributed by atoms with E-state index in [0.29, 0.717) is 18.3 Å². The molecule has 0 radical (unpaired) electrons. The van der Waals surface area contributed by atoms with Gasteiger partial charge in [-0.05, 0) is 51.6 Å². The summed E-state index contributed by atoms with van der Waals surface area (Å²) in [4.78, 5) is 12.2. The van der Waals surface area contributed by atoms with E-state index >= 15 is 0 Å². The van der Waals surface area contributed by atoms with Crippen LogP contribution < -0.4 is 10.6 Å². The van der Waals surface area contributed by atoms with E-state index in [-0.39, 0.29) is 24.4 Å². The van der Waals surface area contributed by atoms with Crippen LogP contribution in [0.3, 0.4) is 0 Å². The smallest absolute Gasteiger partial charge is 0.220 e. The highest BCUT2D eigenvalue weighted by atomic mass is 35.5. The van der Waals surface area contributed by atoms with E-state index < -0.39 is 0 Å². The summed E-state index contributed by atoms with van der Waals surface area (Å²) in [5, 5.41) is 10.8. The number of rotatable bonds is 5. The lowest BCUT2D eigenvalue weighted by Gasteiger charge is -2.28. The third kappa shape index (κ3) is 4.99. The van der Waals surface area contributed by atoms with Crippen molar-refractivity contribution in [2.24, 2.45) is 18.9 Å². The van der Waals surface area contributed by atoms with E-state index in [4.69, 9.17) is 0 Å². The van der Waals surface area contributed by atoms with Crippen LogP contribution >= 0.6 is 12.4 Å². The summed E-state index contributed by atoms with van der Waals surface area (Å²) in [5.74, 6) is 1.28. The molecule has 1 fully saturated rings. The molecule has 1 aliphatic rings. The van der Waals surface area contributed by atoms with E-state index in [2.05, 4.69) is 22.7 Å². The molecule has 2 N–H and O–H groups in total. The molecule has 5 nitrogen and oxygen atoms in total. The maximum Gasteiger partial charge on any atom is 0.220 e. The first kappa shape index (κ1) is 19.0. The SMILES string of the molecule is Cc1nn(C)cc1C(C)NC(=O)CC(C)C1CCNCC1.Cl. The largest absolute Gasteiger partial charge is 0.349 e. The molecule has 0 bridgehead atoms. The molecule has 0 aliphatic carbocycles. The Morgan fingerprint density at radius 3 is 2.64 bits per heavy atom. The molecule has 1 aromatic heterocycles. The van der Waals surface area contributed by atoms with Gasteiger partial charge in [-0.15, -0.1) is 12.4 Å². The number of piperidine rings is 1. The Balaban J connectivity index is 0.00000242. The van der Waals surface area contributed by atoms with Gasteiger partial charge in [-0.25, -0.2) is 0 Å². The van der Waals surface area contributed by atoms with Gasteiger partial charge in [0.2, 0.25) is 5.91 Å². The monoisotopic (exact) mass is 328 g/mol. The van der Waals surface area contributed by atoms with Gasteiger partial charge in [0.1, 0.15) is 0 Å². The molecule has 2 atom stereocenters. The molecule has 1 saturated heterocycles. The van der Waals surface area contributed by atoms with Crippen LogP contribution in [0.15, 0.2) is 6.20 Å². The number of carbonyl (C=O) groups is 1. The third-order valence-electron chi connectivity index (χ3n) is 4.59. The molecule has 1 aromatic rings. The summed E-state index contributed by atoms with van der Waals surface area (Å²) in [6.07, 6.45) is 4.97. The fourth-order valence-electron chi connectivity index (χ4n) is 3.29. The topological polar surface area (TPSA) is 59.0 Å². The summed E-state index contributed by atoms with van der Waals surface area (Å²) < 4.78 is 1.80. The lowest BCUT2D eigenvalue weighted by molar-refractivity contribution is -0.123. The van der Waals surface area contributed by atoms with E-state index in [0.717, 1.165) is 24.3 Å². The molecular formula is C16H29ClN4O. The van der Waals surface area contributed by atoms with Gasteiger partial charge in [-0.2, -0.15) is 5.10 Å². The van der Waals surface area contributed by atoms with Crippen LogP contribution in [0.5, 0.6) is 0 Å². The Morgan fingerprint density at radius 2 is 2.09 bits per heavy atom. The van der Waals surface area contributed by atoms with Crippen molar-refractivity contribution in [1.29, 1.82) is 0 Å². The molecule has 1 aliphatic heterocycles. The standard InChI is InChI=1S/C16H28N4O.ClH/c1-11(14-5-7-17-8-6-14)9-16(21)18-12(2)15-10-20(4)19-13(15)3;/h10-12,14,17H,5-9H2,1-4H3,(H,18,21);1H. The first-order valence-corrected chi connectivity index (χ1v) is 7.97. The molecule has 22 heavy (non-hydrogen) atoms. The molecule has 2 unspecified atom stereocenters. The quantitative estimate of drug-likeness (QED) is 0.872. The minimum atomic E-state index is 0. The fourth-order valence-corrected chi connectivity index (χ4v) is 3.29. The molecule has 0 aromatic carbocycles. The number of carbonyl (C=O) groups excluding carboxylic acids is 1. The number of hydrogen-bond acceptors (Lipinski definition) is 3. The van der Waals surface area contributed by atoms with E-state index in [9.17, 15) is 4.79 Å². The minimum Gasteiger partial charge on any atom is -0.349 e. The Kier molecular flexibility index (Phi) is 7.36. The van der Waals surface area contributed by atoms with Crippen LogP contribution in [0.2, 0.25) is 0 Å². The number of nitrogens with zero attached hydrogens (tertiary/aromatic N) is 2.